The van der Waals surface area contributed by atoms with Crippen LogP contribution in [0.2, 0.25) is 0 Å². The summed E-state index contributed by atoms with van der Waals surface area (Å²) < 4.78 is 5.22. The minimum atomic E-state index is -0.618. The number of aromatic hydroxyl groups is 1. The molecule has 110 valence electrons. The molecule has 0 amide bonds. The molecule has 0 spiro atoms. The van der Waals surface area contributed by atoms with E-state index in [0.29, 0.717) is 16.7 Å². The molecular formula is C17H14N2O3. The third kappa shape index (κ3) is 2.56. The van der Waals surface area contributed by atoms with E-state index in [1.54, 1.807) is 31.2 Å². The third-order valence-electron chi connectivity index (χ3n) is 3.27. The number of nitrogens with zero attached hydrogens (tertiary/aromatic N) is 1. The molecule has 0 atom stereocenters. The second-order valence-corrected chi connectivity index (χ2v) is 4.78. The highest BCUT2D eigenvalue weighted by molar-refractivity contribution is 6.04. The van der Waals surface area contributed by atoms with E-state index in [2.05, 4.69) is 10.5 Å². The van der Waals surface area contributed by atoms with Gasteiger partial charge in [0.25, 0.3) is 0 Å². The van der Waals surface area contributed by atoms with E-state index in [1.807, 2.05) is 30.3 Å². The van der Waals surface area contributed by atoms with Crippen molar-refractivity contribution >= 4 is 22.4 Å². The smallest absolute Gasteiger partial charge is 0.349 e. The summed E-state index contributed by atoms with van der Waals surface area (Å²) in [5.74, 6) is -0.122. The van der Waals surface area contributed by atoms with Crippen LogP contribution in [0.5, 0.6) is 5.75 Å². The molecule has 22 heavy (non-hydrogen) atoms. The average Bonchev–Trinajstić information content (AvgIpc) is 2.54. The van der Waals surface area contributed by atoms with Gasteiger partial charge in [-0.15, -0.1) is 0 Å². The van der Waals surface area contributed by atoms with Gasteiger partial charge >= 0.3 is 5.63 Å². The van der Waals surface area contributed by atoms with Crippen LogP contribution < -0.4 is 11.1 Å². The van der Waals surface area contributed by atoms with Gasteiger partial charge in [0.05, 0.1) is 16.8 Å². The molecular weight excluding hydrogens is 280 g/mol. The van der Waals surface area contributed by atoms with E-state index in [1.165, 1.54) is 0 Å². The van der Waals surface area contributed by atoms with Crippen LogP contribution in [0.15, 0.2) is 68.9 Å². The number of rotatable bonds is 3. The molecule has 0 saturated heterocycles. The monoisotopic (exact) mass is 294 g/mol. The predicted octanol–water partition coefficient (Wildman–Crippen LogP) is 3.33. The van der Waals surface area contributed by atoms with E-state index < -0.39 is 5.63 Å². The summed E-state index contributed by atoms with van der Waals surface area (Å²) in [6.45, 7) is 1.64. The molecule has 3 aromatic rings. The van der Waals surface area contributed by atoms with Crippen LogP contribution in [0.25, 0.3) is 11.0 Å². The third-order valence-corrected chi connectivity index (χ3v) is 3.27. The van der Waals surface area contributed by atoms with Crippen molar-refractivity contribution in [1.29, 1.82) is 0 Å². The summed E-state index contributed by atoms with van der Waals surface area (Å²) in [6, 6.07) is 16.2. The Hall–Kier alpha value is -3.08. The Bertz CT molecular complexity index is 899. The fourth-order valence-corrected chi connectivity index (χ4v) is 2.17. The van der Waals surface area contributed by atoms with Crippen LogP contribution in [0.1, 0.15) is 12.5 Å². The second-order valence-electron chi connectivity index (χ2n) is 4.78. The maximum atomic E-state index is 12.1. The molecule has 0 aliphatic carbocycles. The van der Waals surface area contributed by atoms with Gasteiger partial charge in [0, 0.05) is 0 Å². The minimum absolute atomic E-state index is 0.0575. The molecule has 0 unspecified atom stereocenters. The summed E-state index contributed by atoms with van der Waals surface area (Å²) in [7, 11) is 0. The fourth-order valence-electron chi connectivity index (χ4n) is 2.17. The summed E-state index contributed by atoms with van der Waals surface area (Å²) in [5.41, 5.74) is 3.76. The maximum Gasteiger partial charge on any atom is 0.349 e. The molecule has 0 aliphatic heterocycles. The lowest BCUT2D eigenvalue weighted by atomic mass is 10.1. The van der Waals surface area contributed by atoms with Crippen LogP contribution in [0, 0.1) is 0 Å². The van der Waals surface area contributed by atoms with E-state index in [0.717, 1.165) is 5.69 Å². The van der Waals surface area contributed by atoms with E-state index in [9.17, 15) is 9.90 Å². The molecule has 2 N–H and O–H groups in total. The lowest BCUT2D eigenvalue weighted by Crippen LogP contribution is -2.14. The van der Waals surface area contributed by atoms with Crippen LogP contribution >= 0.6 is 0 Å². The Labute approximate surface area is 126 Å². The van der Waals surface area contributed by atoms with Crippen molar-refractivity contribution in [2.24, 2.45) is 5.10 Å². The number of nitrogens with one attached hydrogen (secondary N) is 1. The number of benzene rings is 2. The lowest BCUT2D eigenvalue weighted by Gasteiger charge is -2.06. The van der Waals surface area contributed by atoms with Crippen LogP contribution in [0.4, 0.5) is 5.69 Å². The van der Waals surface area contributed by atoms with Crippen molar-refractivity contribution in [3.63, 3.8) is 0 Å². The Kier molecular flexibility index (Phi) is 3.62. The molecule has 2 aromatic carbocycles. The number of hydrogen-bond acceptors (Lipinski definition) is 5. The van der Waals surface area contributed by atoms with E-state index >= 15 is 0 Å². The van der Waals surface area contributed by atoms with Crippen LogP contribution in [-0.4, -0.2) is 10.8 Å². The van der Waals surface area contributed by atoms with Gasteiger partial charge in [-0.25, -0.2) is 4.79 Å². The summed E-state index contributed by atoms with van der Waals surface area (Å²) in [5, 5.41) is 14.9. The first-order valence-corrected chi connectivity index (χ1v) is 6.77. The van der Waals surface area contributed by atoms with Crippen molar-refractivity contribution in [3.8, 4) is 5.75 Å². The van der Waals surface area contributed by atoms with E-state index in [-0.39, 0.29) is 11.3 Å². The minimum Gasteiger partial charge on any atom is -0.506 e. The molecule has 0 radical (unpaired) electrons. The second kappa shape index (κ2) is 5.73. The van der Waals surface area contributed by atoms with Gasteiger partial charge in [0.15, 0.2) is 0 Å². The van der Waals surface area contributed by atoms with Crippen molar-refractivity contribution in [2.45, 2.75) is 6.92 Å². The number of hydrazone groups is 1. The molecule has 3 rings (SSSR count). The van der Waals surface area contributed by atoms with Crippen molar-refractivity contribution in [1.82, 2.24) is 0 Å². The molecule has 1 aromatic heterocycles. The van der Waals surface area contributed by atoms with Gasteiger partial charge in [-0.3, -0.25) is 5.43 Å². The van der Waals surface area contributed by atoms with Crippen molar-refractivity contribution in [2.75, 3.05) is 5.43 Å². The molecule has 0 aliphatic rings. The normalized spacial score (nSPS) is 11.6. The number of hydrogen-bond donors (Lipinski definition) is 2. The standard InChI is InChI=1S/C17H14N2O3/c1-11(18-19-12-7-3-2-4-8-12)15-16(20)13-9-5-6-10-14(13)22-17(15)21/h2-10,19-20H,1H3/b18-11+. The molecule has 0 fully saturated rings. The number of para-hydroxylation sites is 2. The maximum absolute atomic E-state index is 12.1. The zero-order valence-corrected chi connectivity index (χ0v) is 11.9. The van der Waals surface area contributed by atoms with Gasteiger partial charge < -0.3 is 9.52 Å². The van der Waals surface area contributed by atoms with Gasteiger partial charge in [0.2, 0.25) is 0 Å². The average molecular weight is 294 g/mol. The predicted molar refractivity (Wildman–Crippen MR) is 86.4 cm³/mol. The lowest BCUT2D eigenvalue weighted by molar-refractivity contribution is 0.466. The van der Waals surface area contributed by atoms with Crippen LogP contribution in [-0.2, 0) is 0 Å². The highest BCUT2D eigenvalue weighted by Gasteiger charge is 2.16. The summed E-state index contributed by atoms with van der Waals surface area (Å²) in [6.07, 6.45) is 0. The first-order chi connectivity index (χ1) is 10.7. The molecule has 0 bridgehead atoms. The van der Waals surface area contributed by atoms with Crippen LogP contribution in [0.3, 0.4) is 0 Å². The topological polar surface area (TPSA) is 74.8 Å². The van der Waals surface area contributed by atoms with Gasteiger partial charge in [-0.1, -0.05) is 30.3 Å². The quantitative estimate of drug-likeness (QED) is 0.441. The Morgan fingerprint density at radius 1 is 1.09 bits per heavy atom. The zero-order chi connectivity index (χ0) is 15.5. The molecule has 1 heterocycles. The molecule has 5 heteroatoms. The van der Waals surface area contributed by atoms with Gasteiger partial charge in [-0.05, 0) is 31.2 Å². The van der Waals surface area contributed by atoms with Gasteiger partial charge in [0.1, 0.15) is 16.9 Å². The van der Waals surface area contributed by atoms with Gasteiger partial charge in [-0.2, -0.15) is 5.10 Å². The van der Waals surface area contributed by atoms with Crippen molar-refractivity contribution in [3.05, 3.63) is 70.6 Å². The Balaban J connectivity index is 2.04. The first-order valence-electron chi connectivity index (χ1n) is 6.77. The highest BCUT2D eigenvalue weighted by Crippen LogP contribution is 2.26. The summed E-state index contributed by atoms with van der Waals surface area (Å²) in [4.78, 5) is 12.1. The zero-order valence-electron chi connectivity index (χ0n) is 11.9. The Morgan fingerprint density at radius 3 is 2.55 bits per heavy atom. The molecule has 0 saturated carbocycles. The fraction of sp³-hybridized carbons (Fsp3) is 0.0588. The Morgan fingerprint density at radius 2 is 1.77 bits per heavy atom. The number of fused-ring (bicyclic) bond motifs is 1. The largest absolute Gasteiger partial charge is 0.506 e. The first kappa shape index (κ1) is 13.9. The SMILES string of the molecule is C/C(=N\Nc1ccccc1)c1c(O)c2ccccc2oc1=O. The van der Waals surface area contributed by atoms with Crippen molar-refractivity contribution < 1.29 is 9.52 Å². The number of anilines is 1. The van der Waals surface area contributed by atoms with E-state index in [4.69, 9.17) is 4.42 Å². The summed E-state index contributed by atoms with van der Waals surface area (Å²) >= 11 is 0. The highest BCUT2D eigenvalue weighted by atomic mass is 16.4. The molecule has 5 nitrogen and oxygen atoms in total.